The van der Waals surface area contributed by atoms with Crippen LogP contribution in [0.1, 0.15) is 25.5 Å². The van der Waals surface area contributed by atoms with Crippen LogP contribution in [0.2, 0.25) is 5.02 Å². The van der Waals surface area contributed by atoms with Crippen LogP contribution < -0.4 is 11.5 Å². The Labute approximate surface area is 175 Å². The topological polar surface area (TPSA) is 210 Å². The van der Waals surface area contributed by atoms with E-state index in [1.165, 1.54) is 0 Å². The highest BCUT2D eigenvalue weighted by Crippen LogP contribution is 2.29. The Morgan fingerprint density at radius 2 is 1.50 bits per heavy atom. The molecule has 162 valence electrons. The molecule has 1 aromatic heterocycles. The zero-order valence-corrected chi connectivity index (χ0v) is 16.6. The quantitative estimate of drug-likeness (QED) is 0.360. The first kappa shape index (κ1) is 24.6. The van der Waals surface area contributed by atoms with E-state index >= 15 is 0 Å². The lowest BCUT2D eigenvalue weighted by molar-refractivity contribution is -0.170. The van der Waals surface area contributed by atoms with E-state index in [1.807, 2.05) is 31.2 Å². The van der Waals surface area contributed by atoms with Crippen molar-refractivity contribution in [3.05, 3.63) is 35.0 Å². The van der Waals surface area contributed by atoms with Crippen molar-refractivity contribution in [2.75, 3.05) is 11.5 Å². The van der Waals surface area contributed by atoms with Gasteiger partial charge in [0.1, 0.15) is 5.82 Å². The van der Waals surface area contributed by atoms with Crippen molar-refractivity contribution in [2.24, 2.45) is 0 Å². The SMILES string of the molecule is CCc1nc(N)nc(N)c1-c1ccc(Cl)cc1.O=C(O)CC(O)(CC(=O)O)C(=O)O. The third-order valence-corrected chi connectivity index (χ3v) is 4.03. The lowest BCUT2D eigenvalue weighted by atomic mass is 9.96. The van der Waals surface area contributed by atoms with Gasteiger partial charge < -0.3 is 31.9 Å². The summed E-state index contributed by atoms with van der Waals surface area (Å²) in [5.74, 6) is -4.41. The molecule has 0 bridgehead atoms. The number of anilines is 2. The van der Waals surface area contributed by atoms with E-state index in [1.54, 1.807) is 0 Å². The Hall–Kier alpha value is -3.44. The van der Waals surface area contributed by atoms with Gasteiger partial charge >= 0.3 is 17.9 Å². The summed E-state index contributed by atoms with van der Waals surface area (Å²) in [6.45, 7) is 2.00. The van der Waals surface area contributed by atoms with Crippen molar-refractivity contribution < 1.29 is 34.8 Å². The predicted octanol–water partition coefficient (Wildman–Crippen LogP) is 1.28. The molecule has 0 spiro atoms. The Balaban J connectivity index is 0.000000314. The van der Waals surface area contributed by atoms with E-state index in [0.717, 1.165) is 23.2 Å². The summed E-state index contributed by atoms with van der Waals surface area (Å²) in [5, 5.41) is 34.5. The molecule has 0 unspecified atom stereocenters. The minimum absolute atomic E-state index is 0.206. The summed E-state index contributed by atoms with van der Waals surface area (Å²) < 4.78 is 0. The maximum atomic E-state index is 10.3. The molecule has 2 aromatic rings. The molecule has 2 rings (SSSR count). The highest BCUT2D eigenvalue weighted by atomic mass is 35.5. The first-order chi connectivity index (χ1) is 13.9. The molecule has 0 aliphatic rings. The van der Waals surface area contributed by atoms with Crippen molar-refractivity contribution in [3.63, 3.8) is 0 Å². The minimum Gasteiger partial charge on any atom is -0.481 e. The second kappa shape index (κ2) is 10.4. The third-order valence-electron chi connectivity index (χ3n) is 3.78. The number of benzene rings is 1. The number of aromatic nitrogens is 2. The maximum Gasteiger partial charge on any atom is 0.336 e. The van der Waals surface area contributed by atoms with Gasteiger partial charge in [-0.1, -0.05) is 30.7 Å². The second-order valence-corrected chi connectivity index (χ2v) is 6.56. The second-order valence-electron chi connectivity index (χ2n) is 6.13. The monoisotopic (exact) mass is 440 g/mol. The average Bonchev–Trinajstić information content (AvgIpc) is 2.61. The van der Waals surface area contributed by atoms with Crippen LogP contribution in [0.15, 0.2) is 24.3 Å². The maximum absolute atomic E-state index is 10.3. The van der Waals surface area contributed by atoms with Crippen molar-refractivity contribution in [1.29, 1.82) is 0 Å². The first-order valence-electron chi connectivity index (χ1n) is 8.46. The Bertz CT molecular complexity index is 919. The number of carboxylic acids is 3. The van der Waals surface area contributed by atoms with E-state index in [0.29, 0.717) is 10.8 Å². The number of carboxylic acid groups (broad SMARTS) is 3. The summed E-state index contributed by atoms with van der Waals surface area (Å²) in [6, 6.07) is 7.41. The molecule has 0 aliphatic heterocycles. The Morgan fingerprint density at radius 1 is 1.00 bits per heavy atom. The number of nitrogens with zero attached hydrogens (tertiary/aromatic N) is 2. The molecule has 1 aromatic carbocycles. The molecule has 0 atom stereocenters. The molecule has 0 saturated heterocycles. The van der Waals surface area contributed by atoms with Crippen LogP contribution in [0.4, 0.5) is 11.8 Å². The smallest absolute Gasteiger partial charge is 0.336 e. The standard InChI is InChI=1S/C12H13ClN4.C6H8O7/c1-2-9-10(11(14)17-12(15)16-9)7-3-5-8(13)6-4-7;7-3(8)1-6(13,5(11)12)2-4(9)10/h3-6H,2H2,1H3,(H4,14,15,16,17);13H,1-2H2,(H,7,8)(H,9,10)(H,11,12). The summed E-state index contributed by atoms with van der Waals surface area (Å²) in [5.41, 5.74) is 11.4. The largest absolute Gasteiger partial charge is 0.481 e. The molecule has 0 amide bonds. The number of nitrogens with two attached hydrogens (primary N) is 2. The molecule has 0 fully saturated rings. The van der Waals surface area contributed by atoms with E-state index in [9.17, 15) is 14.4 Å². The molecule has 11 nitrogen and oxygen atoms in total. The first-order valence-corrected chi connectivity index (χ1v) is 8.84. The lowest BCUT2D eigenvalue weighted by Gasteiger charge is -2.18. The highest BCUT2D eigenvalue weighted by Gasteiger charge is 2.40. The zero-order chi connectivity index (χ0) is 23.1. The van der Waals surface area contributed by atoms with Crippen LogP contribution in [0.5, 0.6) is 0 Å². The number of nitrogen functional groups attached to an aromatic ring is 2. The van der Waals surface area contributed by atoms with Gasteiger partial charge in [-0.3, -0.25) is 9.59 Å². The van der Waals surface area contributed by atoms with Crippen molar-refractivity contribution in [1.82, 2.24) is 9.97 Å². The van der Waals surface area contributed by atoms with Crippen LogP contribution in [0.3, 0.4) is 0 Å². The summed E-state index contributed by atoms with van der Waals surface area (Å²) >= 11 is 5.86. The fourth-order valence-electron chi connectivity index (χ4n) is 2.45. The molecule has 30 heavy (non-hydrogen) atoms. The number of hydrogen-bond acceptors (Lipinski definition) is 8. The molecular formula is C18H21ClN4O7. The summed E-state index contributed by atoms with van der Waals surface area (Å²) in [4.78, 5) is 38.7. The van der Waals surface area contributed by atoms with Crippen molar-refractivity contribution in [3.8, 4) is 11.1 Å². The number of aryl methyl sites for hydroxylation is 1. The average molecular weight is 441 g/mol. The summed E-state index contributed by atoms with van der Waals surface area (Å²) in [6.07, 6.45) is -1.54. The molecule has 0 radical (unpaired) electrons. The number of aliphatic hydroxyl groups is 1. The van der Waals surface area contributed by atoms with Crippen LogP contribution in [0.25, 0.3) is 11.1 Å². The van der Waals surface area contributed by atoms with Gasteiger partial charge in [0.2, 0.25) is 5.95 Å². The van der Waals surface area contributed by atoms with Crippen molar-refractivity contribution in [2.45, 2.75) is 31.8 Å². The number of hydrogen-bond donors (Lipinski definition) is 6. The molecule has 0 aliphatic carbocycles. The van der Waals surface area contributed by atoms with E-state index in [2.05, 4.69) is 9.97 Å². The van der Waals surface area contributed by atoms with Gasteiger partial charge in [0.25, 0.3) is 0 Å². The molecule has 0 saturated carbocycles. The fraction of sp³-hybridized carbons (Fsp3) is 0.278. The third kappa shape index (κ3) is 6.87. The van der Waals surface area contributed by atoms with Crippen LogP contribution in [-0.4, -0.2) is 53.9 Å². The van der Waals surface area contributed by atoms with Gasteiger partial charge in [0.05, 0.1) is 18.5 Å². The molecule has 8 N–H and O–H groups in total. The van der Waals surface area contributed by atoms with Gasteiger partial charge in [-0.25, -0.2) is 9.78 Å². The van der Waals surface area contributed by atoms with Gasteiger partial charge in [-0.05, 0) is 24.1 Å². The lowest BCUT2D eigenvalue weighted by Crippen LogP contribution is -2.42. The van der Waals surface area contributed by atoms with Gasteiger partial charge in [-0.2, -0.15) is 4.98 Å². The van der Waals surface area contributed by atoms with Crippen molar-refractivity contribution >= 4 is 41.3 Å². The molecule has 12 heteroatoms. The van der Waals surface area contributed by atoms with Crippen LogP contribution >= 0.6 is 11.6 Å². The van der Waals surface area contributed by atoms with E-state index in [-0.39, 0.29) is 5.95 Å². The Kier molecular flexibility index (Phi) is 8.50. The van der Waals surface area contributed by atoms with Crippen LogP contribution in [0, 0.1) is 0 Å². The minimum atomic E-state index is -2.74. The number of halogens is 1. The Morgan fingerprint density at radius 3 is 1.90 bits per heavy atom. The number of rotatable bonds is 7. The van der Waals surface area contributed by atoms with Gasteiger partial charge in [0.15, 0.2) is 5.60 Å². The fourth-order valence-corrected chi connectivity index (χ4v) is 2.57. The molecular weight excluding hydrogens is 420 g/mol. The number of carbonyl (C=O) groups is 3. The van der Waals surface area contributed by atoms with E-state index < -0.39 is 36.4 Å². The highest BCUT2D eigenvalue weighted by molar-refractivity contribution is 6.30. The predicted molar refractivity (Wildman–Crippen MR) is 108 cm³/mol. The summed E-state index contributed by atoms with van der Waals surface area (Å²) in [7, 11) is 0. The molecule has 1 heterocycles. The zero-order valence-electron chi connectivity index (χ0n) is 15.9. The van der Waals surface area contributed by atoms with E-state index in [4.69, 9.17) is 43.5 Å². The normalized spacial score (nSPS) is 10.6. The van der Waals surface area contributed by atoms with Gasteiger partial charge in [-0.15, -0.1) is 0 Å². The van der Waals surface area contributed by atoms with Gasteiger partial charge in [0, 0.05) is 10.6 Å². The van der Waals surface area contributed by atoms with Crippen LogP contribution in [-0.2, 0) is 20.8 Å². The number of aliphatic carboxylic acids is 3.